The van der Waals surface area contributed by atoms with Gasteiger partial charge in [-0.1, -0.05) is 0 Å². The van der Waals surface area contributed by atoms with Gasteiger partial charge in [-0.3, -0.25) is 4.90 Å². The third-order valence-electron chi connectivity index (χ3n) is 2.96. The Labute approximate surface area is 73.3 Å². The van der Waals surface area contributed by atoms with Crippen LogP contribution in [0.25, 0.3) is 0 Å². The highest BCUT2D eigenvalue weighted by Crippen LogP contribution is 2.19. The van der Waals surface area contributed by atoms with Crippen LogP contribution in [0.4, 0.5) is 4.39 Å². The maximum atomic E-state index is 13.0. The van der Waals surface area contributed by atoms with Crippen molar-refractivity contribution in [3.05, 3.63) is 0 Å². The van der Waals surface area contributed by atoms with Gasteiger partial charge >= 0.3 is 0 Å². The van der Waals surface area contributed by atoms with Crippen LogP contribution in [0.1, 0.15) is 12.8 Å². The van der Waals surface area contributed by atoms with E-state index in [0.29, 0.717) is 12.6 Å². The summed E-state index contributed by atoms with van der Waals surface area (Å²) in [5.74, 6) is 0. The van der Waals surface area contributed by atoms with Gasteiger partial charge in [-0.15, -0.1) is 0 Å². The van der Waals surface area contributed by atoms with Crippen LogP contribution in [0.2, 0.25) is 0 Å². The Balaban J connectivity index is 1.80. The number of alkyl halides is 1. The maximum Gasteiger partial charge on any atom is 0.113 e. The van der Waals surface area contributed by atoms with Crippen molar-refractivity contribution in [2.24, 2.45) is 0 Å². The van der Waals surface area contributed by atoms with Crippen LogP contribution in [0.5, 0.6) is 0 Å². The lowest BCUT2D eigenvalue weighted by Crippen LogP contribution is -2.59. The van der Waals surface area contributed by atoms with Crippen LogP contribution in [-0.2, 0) is 0 Å². The summed E-state index contributed by atoms with van der Waals surface area (Å²) >= 11 is 0. The number of likely N-dealkylation sites (N-methyl/N-ethyl adjacent to an activating group) is 1. The fraction of sp³-hybridized carbons (Fsp3) is 1.00. The molecule has 0 radical (unpaired) electrons. The summed E-state index contributed by atoms with van der Waals surface area (Å²) in [5, 5.41) is 0. The lowest BCUT2D eigenvalue weighted by molar-refractivity contribution is 0.0168. The number of hydrogen-bond donors (Lipinski definition) is 0. The van der Waals surface area contributed by atoms with Gasteiger partial charge in [0.2, 0.25) is 0 Å². The van der Waals surface area contributed by atoms with Crippen LogP contribution in [-0.4, -0.2) is 55.2 Å². The number of rotatable bonds is 1. The molecule has 0 bridgehead atoms. The van der Waals surface area contributed by atoms with Crippen molar-refractivity contribution >= 4 is 0 Å². The zero-order valence-electron chi connectivity index (χ0n) is 7.67. The molecule has 2 heterocycles. The molecule has 70 valence electrons. The average molecular weight is 172 g/mol. The summed E-state index contributed by atoms with van der Waals surface area (Å²) in [6.07, 6.45) is 1.25. The molecule has 0 aromatic carbocycles. The first kappa shape index (κ1) is 8.45. The molecule has 2 aliphatic rings. The first-order chi connectivity index (χ1) is 5.75. The smallest absolute Gasteiger partial charge is 0.113 e. The Kier molecular flexibility index (Phi) is 2.33. The van der Waals surface area contributed by atoms with Crippen LogP contribution in [0.3, 0.4) is 0 Å². The Morgan fingerprint density at radius 3 is 2.58 bits per heavy atom. The molecule has 12 heavy (non-hydrogen) atoms. The van der Waals surface area contributed by atoms with E-state index in [0.717, 1.165) is 32.5 Å². The highest BCUT2D eigenvalue weighted by Gasteiger charge is 2.32. The number of likely N-dealkylation sites (tertiary alicyclic amines) is 2. The standard InChI is InChI=1S/C9H17FN2/c1-11-6-9(7-11)12-4-2-3-8(10)5-12/h8-9H,2-7H2,1H3. The van der Waals surface area contributed by atoms with Gasteiger partial charge in [-0.2, -0.15) is 0 Å². The molecule has 0 N–H and O–H groups in total. The van der Waals surface area contributed by atoms with Crippen LogP contribution in [0.15, 0.2) is 0 Å². The lowest BCUT2D eigenvalue weighted by Gasteiger charge is -2.45. The zero-order chi connectivity index (χ0) is 8.55. The van der Waals surface area contributed by atoms with Crippen molar-refractivity contribution in [1.82, 2.24) is 9.80 Å². The van der Waals surface area contributed by atoms with Gasteiger partial charge in [0.1, 0.15) is 6.17 Å². The second kappa shape index (κ2) is 3.30. The highest BCUT2D eigenvalue weighted by atomic mass is 19.1. The van der Waals surface area contributed by atoms with Gasteiger partial charge < -0.3 is 4.90 Å². The molecule has 2 rings (SSSR count). The fourth-order valence-corrected chi connectivity index (χ4v) is 2.18. The molecule has 0 aliphatic carbocycles. The number of piperidine rings is 1. The second-order valence-corrected chi connectivity index (χ2v) is 4.11. The first-order valence-electron chi connectivity index (χ1n) is 4.82. The molecule has 0 spiro atoms. The monoisotopic (exact) mass is 172 g/mol. The Morgan fingerprint density at radius 2 is 2.00 bits per heavy atom. The third-order valence-corrected chi connectivity index (χ3v) is 2.96. The van der Waals surface area contributed by atoms with Crippen molar-refractivity contribution in [2.75, 3.05) is 33.2 Å². The molecule has 0 aromatic heterocycles. The molecule has 0 saturated carbocycles. The molecule has 3 heteroatoms. The predicted molar refractivity (Wildman–Crippen MR) is 47.0 cm³/mol. The second-order valence-electron chi connectivity index (χ2n) is 4.11. The van der Waals surface area contributed by atoms with E-state index in [2.05, 4.69) is 16.8 Å². The Hall–Kier alpha value is -0.150. The summed E-state index contributed by atoms with van der Waals surface area (Å²) in [6, 6.07) is 0.647. The first-order valence-corrected chi connectivity index (χ1v) is 4.82. The van der Waals surface area contributed by atoms with Gasteiger partial charge in [0, 0.05) is 25.7 Å². The van der Waals surface area contributed by atoms with Crippen LogP contribution in [0, 0.1) is 0 Å². The van der Waals surface area contributed by atoms with E-state index in [1.165, 1.54) is 0 Å². The molecule has 1 atom stereocenters. The number of nitrogens with zero attached hydrogens (tertiary/aromatic N) is 2. The van der Waals surface area contributed by atoms with E-state index in [1.54, 1.807) is 0 Å². The largest absolute Gasteiger partial charge is 0.303 e. The normalized spacial score (nSPS) is 35.0. The van der Waals surface area contributed by atoms with Crippen molar-refractivity contribution in [3.63, 3.8) is 0 Å². The van der Waals surface area contributed by atoms with Crippen molar-refractivity contribution in [1.29, 1.82) is 0 Å². The lowest BCUT2D eigenvalue weighted by atomic mass is 10.0. The average Bonchev–Trinajstić information content (AvgIpc) is 1.99. The summed E-state index contributed by atoms with van der Waals surface area (Å²) in [6.45, 7) is 4.05. The minimum Gasteiger partial charge on any atom is -0.303 e. The van der Waals surface area contributed by atoms with Gasteiger partial charge in [-0.25, -0.2) is 4.39 Å². The van der Waals surface area contributed by atoms with E-state index < -0.39 is 6.17 Å². The predicted octanol–water partition coefficient (Wildman–Crippen LogP) is 0.734. The topological polar surface area (TPSA) is 6.48 Å². The molecule has 2 aliphatic heterocycles. The zero-order valence-corrected chi connectivity index (χ0v) is 7.67. The van der Waals surface area contributed by atoms with Crippen LogP contribution >= 0.6 is 0 Å². The molecule has 2 nitrogen and oxygen atoms in total. The van der Waals surface area contributed by atoms with Crippen LogP contribution < -0.4 is 0 Å². The molecule has 0 aromatic rings. The molecule has 1 unspecified atom stereocenters. The Morgan fingerprint density at radius 1 is 1.25 bits per heavy atom. The molecule has 2 saturated heterocycles. The van der Waals surface area contributed by atoms with Crippen molar-refractivity contribution in [2.45, 2.75) is 25.1 Å². The van der Waals surface area contributed by atoms with E-state index in [1.807, 2.05) is 0 Å². The van der Waals surface area contributed by atoms with E-state index in [-0.39, 0.29) is 0 Å². The Bertz CT molecular complexity index is 157. The fourth-order valence-electron chi connectivity index (χ4n) is 2.18. The maximum absolute atomic E-state index is 13.0. The number of halogens is 1. The van der Waals surface area contributed by atoms with Crippen molar-refractivity contribution in [3.8, 4) is 0 Å². The summed E-state index contributed by atoms with van der Waals surface area (Å²) < 4.78 is 13.0. The molecular weight excluding hydrogens is 155 g/mol. The van der Waals surface area contributed by atoms with E-state index in [9.17, 15) is 4.39 Å². The van der Waals surface area contributed by atoms with E-state index >= 15 is 0 Å². The summed E-state index contributed by atoms with van der Waals surface area (Å²) in [5.41, 5.74) is 0. The van der Waals surface area contributed by atoms with Crippen molar-refractivity contribution < 1.29 is 4.39 Å². The van der Waals surface area contributed by atoms with E-state index in [4.69, 9.17) is 0 Å². The minimum atomic E-state index is -0.565. The van der Waals surface area contributed by atoms with Gasteiger partial charge in [0.25, 0.3) is 0 Å². The highest BCUT2D eigenvalue weighted by molar-refractivity contribution is 4.88. The molecule has 2 fully saturated rings. The molecule has 0 amide bonds. The summed E-state index contributed by atoms with van der Waals surface area (Å²) in [4.78, 5) is 4.60. The summed E-state index contributed by atoms with van der Waals surface area (Å²) in [7, 11) is 2.12. The number of hydrogen-bond acceptors (Lipinski definition) is 2. The quantitative estimate of drug-likeness (QED) is 0.575. The van der Waals surface area contributed by atoms with Gasteiger partial charge in [0.05, 0.1) is 0 Å². The SMILES string of the molecule is CN1CC(N2CCCC(F)C2)C1. The molecular formula is C9H17FN2. The minimum absolute atomic E-state index is 0.565. The van der Waals surface area contributed by atoms with Gasteiger partial charge in [0.15, 0.2) is 0 Å². The third kappa shape index (κ3) is 1.62. The van der Waals surface area contributed by atoms with Gasteiger partial charge in [-0.05, 0) is 26.4 Å².